The maximum atomic E-state index is 12.7. The van der Waals surface area contributed by atoms with E-state index in [-0.39, 0.29) is 29.7 Å². The predicted molar refractivity (Wildman–Crippen MR) is 98.8 cm³/mol. The van der Waals surface area contributed by atoms with Crippen molar-refractivity contribution in [3.8, 4) is 0 Å². The molecular weight excluding hydrogens is 336 g/mol. The van der Waals surface area contributed by atoms with Crippen molar-refractivity contribution in [2.75, 3.05) is 19.7 Å². The number of rotatable bonds is 4. The highest BCUT2D eigenvalue weighted by atomic mass is 16.5. The molecule has 1 saturated heterocycles. The number of carbonyl (C=O) groups is 2. The molecule has 0 saturated carbocycles. The molecule has 1 aliphatic heterocycles. The summed E-state index contributed by atoms with van der Waals surface area (Å²) in [5.41, 5.74) is 17.1. The minimum absolute atomic E-state index is 0.0719. The monoisotopic (exact) mass is 360 g/mol. The maximum absolute atomic E-state index is 12.7. The lowest BCUT2D eigenvalue weighted by atomic mass is 9.97. The molecule has 0 radical (unpaired) electrons. The molecule has 26 heavy (non-hydrogen) atoms. The molecule has 0 bridgehead atoms. The Hall–Kier alpha value is -3.10. The molecule has 1 fully saturated rings. The highest BCUT2D eigenvalue weighted by Gasteiger charge is 2.29. The highest BCUT2D eigenvalue weighted by Crippen LogP contribution is 2.21. The summed E-state index contributed by atoms with van der Waals surface area (Å²) < 4.78 is 5.06. The third kappa shape index (κ3) is 5.20. The number of aliphatic imine (C=N–C) groups is 2. The van der Waals surface area contributed by atoms with Crippen molar-refractivity contribution in [1.29, 1.82) is 0 Å². The minimum atomic E-state index is -0.268. The average molecular weight is 360 g/mol. The summed E-state index contributed by atoms with van der Waals surface area (Å²) in [6, 6.07) is 6.60. The van der Waals surface area contributed by atoms with E-state index < -0.39 is 0 Å². The van der Waals surface area contributed by atoms with Crippen LogP contribution in [0.2, 0.25) is 0 Å². The van der Waals surface area contributed by atoms with Crippen LogP contribution in [0.1, 0.15) is 30.1 Å². The van der Waals surface area contributed by atoms with Gasteiger partial charge in [-0.1, -0.05) is 0 Å². The molecular formula is C17H24N6O3. The fourth-order valence-electron chi connectivity index (χ4n) is 2.76. The van der Waals surface area contributed by atoms with Crippen molar-refractivity contribution in [3.05, 3.63) is 29.8 Å². The van der Waals surface area contributed by atoms with Gasteiger partial charge < -0.3 is 26.8 Å². The third-order valence-corrected chi connectivity index (χ3v) is 3.93. The zero-order valence-corrected chi connectivity index (χ0v) is 14.7. The van der Waals surface area contributed by atoms with Crippen molar-refractivity contribution < 1.29 is 14.3 Å². The second-order valence-corrected chi connectivity index (χ2v) is 5.90. The zero-order chi connectivity index (χ0) is 19.1. The van der Waals surface area contributed by atoms with Crippen LogP contribution in [0, 0.1) is 5.92 Å². The van der Waals surface area contributed by atoms with Gasteiger partial charge in [0.25, 0.3) is 5.91 Å². The summed E-state index contributed by atoms with van der Waals surface area (Å²) in [4.78, 5) is 33.9. The van der Waals surface area contributed by atoms with Gasteiger partial charge in [-0.05, 0) is 44.0 Å². The van der Waals surface area contributed by atoms with Crippen LogP contribution >= 0.6 is 0 Å². The Balaban J connectivity index is 2.05. The van der Waals surface area contributed by atoms with E-state index >= 15 is 0 Å². The number of guanidine groups is 2. The molecule has 1 atom stereocenters. The van der Waals surface area contributed by atoms with Crippen LogP contribution in [-0.4, -0.2) is 48.4 Å². The lowest BCUT2D eigenvalue weighted by Crippen LogP contribution is -2.42. The molecule has 1 aromatic rings. The average Bonchev–Trinajstić information content (AvgIpc) is 2.61. The summed E-state index contributed by atoms with van der Waals surface area (Å²) in [7, 11) is 0. The molecule has 1 heterocycles. The summed E-state index contributed by atoms with van der Waals surface area (Å²) >= 11 is 0. The van der Waals surface area contributed by atoms with Gasteiger partial charge in [-0.15, -0.1) is 0 Å². The summed E-state index contributed by atoms with van der Waals surface area (Å²) in [6.45, 7) is 3.10. The van der Waals surface area contributed by atoms with Crippen molar-refractivity contribution in [3.63, 3.8) is 0 Å². The largest absolute Gasteiger partial charge is 0.466 e. The van der Waals surface area contributed by atoms with Crippen molar-refractivity contribution in [2.45, 2.75) is 19.8 Å². The van der Waals surface area contributed by atoms with Crippen molar-refractivity contribution in [1.82, 2.24) is 4.90 Å². The molecule has 0 spiro atoms. The normalized spacial score (nSPS) is 17.5. The fraction of sp³-hybridized carbons (Fsp3) is 0.412. The zero-order valence-electron chi connectivity index (χ0n) is 14.7. The molecule has 9 nitrogen and oxygen atoms in total. The van der Waals surface area contributed by atoms with Gasteiger partial charge in [-0.25, -0.2) is 4.99 Å². The molecule has 1 amide bonds. The molecule has 0 aromatic heterocycles. The first-order valence-electron chi connectivity index (χ1n) is 8.40. The highest BCUT2D eigenvalue weighted by molar-refractivity contribution is 5.96. The molecule has 1 aromatic carbocycles. The molecule has 140 valence electrons. The van der Waals surface area contributed by atoms with Gasteiger partial charge in [-0.3, -0.25) is 9.59 Å². The molecule has 1 aliphatic rings. The number of piperidine rings is 1. The number of amides is 1. The first kappa shape index (κ1) is 19.2. The van der Waals surface area contributed by atoms with E-state index in [9.17, 15) is 9.59 Å². The van der Waals surface area contributed by atoms with E-state index in [4.69, 9.17) is 21.9 Å². The van der Waals surface area contributed by atoms with Gasteiger partial charge in [0.05, 0.1) is 18.2 Å². The number of likely N-dealkylation sites (tertiary alicyclic amines) is 1. The number of hydrogen-bond donors (Lipinski definition) is 3. The fourth-order valence-corrected chi connectivity index (χ4v) is 2.76. The minimum Gasteiger partial charge on any atom is -0.466 e. The number of benzene rings is 1. The first-order chi connectivity index (χ1) is 12.4. The SMILES string of the molecule is CCOC(=O)C1CCCN(C(=O)c2ccc(N=C(N)N=C(N)N)cc2)C1. The smallest absolute Gasteiger partial charge is 0.310 e. The molecule has 2 rings (SSSR count). The second-order valence-electron chi connectivity index (χ2n) is 5.90. The Bertz CT molecular complexity index is 710. The standard InChI is InChI=1S/C17H24N6O3/c1-2-26-15(25)12-4-3-9-23(10-12)14(24)11-5-7-13(8-6-11)21-17(20)22-16(18)19/h5-8,12H,2-4,9-10H2,1H3,(H6,18,19,20,21,22). The van der Waals surface area contributed by atoms with Crippen molar-refractivity contribution >= 4 is 29.5 Å². The molecule has 1 unspecified atom stereocenters. The number of carbonyl (C=O) groups excluding carboxylic acids is 2. The lowest BCUT2D eigenvalue weighted by molar-refractivity contribution is -0.149. The van der Waals surface area contributed by atoms with E-state index in [0.29, 0.717) is 30.9 Å². The van der Waals surface area contributed by atoms with Crippen LogP contribution in [-0.2, 0) is 9.53 Å². The van der Waals surface area contributed by atoms with Crippen LogP contribution in [0.4, 0.5) is 5.69 Å². The number of esters is 1. The van der Waals surface area contributed by atoms with Crippen LogP contribution in [0.25, 0.3) is 0 Å². The predicted octanol–water partition coefficient (Wildman–Crippen LogP) is 0.322. The maximum Gasteiger partial charge on any atom is 0.310 e. The van der Waals surface area contributed by atoms with Crippen LogP contribution in [0.5, 0.6) is 0 Å². The Morgan fingerprint density at radius 2 is 1.92 bits per heavy atom. The van der Waals surface area contributed by atoms with E-state index in [1.165, 1.54) is 0 Å². The Morgan fingerprint density at radius 1 is 1.23 bits per heavy atom. The number of nitrogens with two attached hydrogens (primary N) is 3. The molecule has 6 N–H and O–H groups in total. The van der Waals surface area contributed by atoms with Gasteiger partial charge in [0.2, 0.25) is 5.96 Å². The van der Waals surface area contributed by atoms with Crippen LogP contribution < -0.4 is 17.2 Å². The number of nitrogens with zero attached hydrogens (tertiary/aromatic N) is 3. The lowest BCUT2D eigenvalue weighted by Gasteiger charge is -2.31. The molecule has 9 heteroatoms. The first-order valence-corrected chi connectivity index (χ1v) is 8.40. The number of hydrogen-bond acceptors (Lipinski definition) is 4. The molecule has 0 aliphatic carbocycles. The van der Waals surface area contributed by atoms with E-state index in [1.54, 1.807) is 36.1 Å². The Morgan fingerprint density at radius 3 is 2.54 bits per heavy atom. The summed E-state index contributed by atoms with van der Waals surface area (Å²) in [5.74, 6) is -0.899. The van der Waals surface area contributed by atoms with Gasteiger partial charge in [-0.2, -0.15) is 4.99 Å². The van der Waals surface area contributed by atoms with E-state index in [2.05, 4.69) is 9.98 Å². The number of ether oxygens (including phenoxy) is 1. The van der Waals surface area contributed by atoms with Gasteiger partial charge in [0.1, 0.15) is 0 Å². The van der Waals surface area contributed by atoms with Gasteiger partial charge >= 0.3 is 5.97 Å². The van der Waals surface area contributed by atoms with Crippen LogP contribution in [0.15, 0.2) is 34.3 Å². The topological polar surface area (TPSA) is 149 Å². The Labute approximate surface area is 151 Å². The van der Waals surface area contributed by atoms with E-state index in [1.807, 2.05) is 0 Å². The quantitative estimate of drug-likeness (QED) is 0.400. The summed E-state index contributed by atoms with van der Waals surface area (Å²) in [6.07, 6.45) is 1.51. The van der Waals surface area contributed by atoms with E-state index in [0.717, 1.165) is 12.8 Å². The van der Waals surface area contributed by atoms with Crippen molar-refractivity contribution in [2.24, 2.45) is 33.1 Å². The van der Waals surface area contributed by atoms with Crippen LogP contribution in [0.3, 0.4) is 0 Å². The van der Waals surface area contributed by atoms with Gasteiger partial charge in [0, 0.05) is 18.7 Å². The van der Waals surface area contributed by atoms with Gasteiger partial charge in [0.15, 0.2) is 5.96 Å². The Kier molecular flexibility index (Phi) is 6.54. The third-order valence-electron chi connectivity index (χ3n) is 3.93. The second kappa shape index (κ2) is 8.84. The summed E-state index contributed by atoms with van der Waals surface area (Å²) in [5, 5.41) is 0.